The van der Waals surface area contributed by atoms with E-state index in [-0.39, 0.29) is 0 Å². The van der Waals surface area contributed by atoms with Crippen LogP contribution in [0.15, 0.2) is 60.7 Å². The standard InChI is InChI=1S/C25H29N5O/c1-18(2)30-24-11-7-6-10-22(24)26-25(30)16-29-13-12-19(15-29)23-14-20(27-28-23)17-31-21-8-4-3-5-9-21/h3-11,14,18-19H,12-13,15-17H2,1-2H3,(H,27,28)/t19-/m1/s1. The Bertz CT molecular complexity index is 1150. The minimum atomic E-state index is 0.388. The van der Waals surface area contributed by atoms with E-state index in [1.165, 1.54) is 5.52 Å². The van der Waals surface area contributed by atoms with E-state index in [4.69, 9.17) is 9.72 Å². The summed E-state index contributed by atoms with van der Waals surface area (Å²) in [5.41, 5.74) is 4.45. The number of nitrogens with zero attached hydrogens (tertiary/aromatic N) is 4. The lowest BCUT2D eigenvalue weighted by Gasteiger charge is -2.18. The van der Waals surface area contributed by atoms with Crippen LogP contribution in [0.1, 0.15) is 49.4 Å². The number of nitrogens with one attached hydrogen (secondary N) is 1. The molecule has 0 radical (unpaired) electrons. The molecule has 1 aliphatic rings. The number of ether oxygens (including phenoxy) is 1. The first-order valence-corrected chi connectivity index (χ1v) is 11.1. The van der Waals surface area contributed by atoms with Crippen molar-refractivity contribution >= 4 is 11.0 Å². The molecule has 3 heterocycles. The molecule has 1 aliphatic heterocycles. The molecule has 4 aromatic rings. The summed E-state index contributed by atoms with van der Waals surface area (Å²) in [4.78, 5) is 7.43. The number of H-pyrrole nitrogens is 1. The SMILES string of the molecule is CC(C)n1c(CN2CC[C@@H](c3cc(COc4ccccc4)[nH]n3)C2)nc2ccccc21. The highest BCUT2D eigenvalue weighted by Crippen LogP contribution is 2.29. The fourth-order valence-electron chi connectivity index (χ4n) is 4.54. The summed E-state index contributed by atoms with van der Waals surface area (Å²) < 4.78 is 8.21. The van der Waals surface area contributed by atoms with Gasteiger partial charge < -0.3 is 9.30 Å². The Balaban J connectivity index is 1.23. The molecule has 0 aliphatic carbocycles. The van der Waals surface area contributed by atoms with Crippen molar-refractivity contribution in [3.05, 3.63) is 77.9 Å². The Labute approximate surface area is 182 Å². The third-order valence-corrected chi connectivity index (χ3v) is 6.03. The second kappa shape index (κ2) is 8.55. The van der Waals surface area contributed by atoms with Gasteiger partial charge in [-0.1, -0.05) is 30.3 Å². The molecular formula is C25H29N5O. The van der Waals surface area contributed by atoms with Crippen molar-refractivity contribution in [1.82, 2.24) is 24.6 Å². The van der Waals surface area contributed by atoms with Crippen molar-refractivity contribution in [2.24, 2.45) is 0 Å². The zero-order chi connectivity index (χ0) is 21.2. The Kier molecular flexibility index (Phi) is 5.47. The summed E-state index contributed by atoms with van der Waals surface area (Å²) in [5, 5.41) is 7.73. The summed E-state index contributed by atoms with van der Waals surface area (Å²) in [6.07, 6.45) is 1.12. The van der Waals surface area contributed by atoms with Gasteiger partial charge in [-0.2, -0.15) is 5.10 Å². The highest BCUT2D eigenvalue weighted by Gasteiger charge is 2.27. The van der Waals surface area contributed by atoms with Gasteiger partial charge in [0.05, 0.1) is 29.0 Å². The first kappa shape index (κ1) is 19.8. The number of benzene rings is 2. The van der Waals surface area contributed by atoms with Gasteiger partial charge in [0.15, 0.2) is 0 Å². The molecule has 0 unspecified atom stereocenters. The van der Waals surface area contributed by atoms with Crippen LogP contribution >= 0.6 is 0 Å². The Morgan fingerprint density at radius 1 is 1.10 bits per heavy atom. The predicted octanol–water partition coefficient (Wildman–Crippen LogP) is 4.91. The number of aromatic nitrogens is 4. The highest BCUT2D eigenvalue weighted by atomic mass is 16.5. The molecule has 0 saturated carbocycles. The zero-order valence-electron chi connectivity index (χ0n) is 18.2. The maximum absolute atomic E-state index is 5.84. The second-order valence-corrected chi connectivity index (χ2v) is 8.62. The smallest absolute Gasteiger partial charge is 0.130 e. The zero-order valence-corrected chi connectivity index (χ0v) is 18.2. The third-order valence-electron chi connectivity index (χ3n) is 6.03. The van der Waals surface area contributed by atoms with Gasteiger partial charge in [-0.3, -0.25) is 10.00 Å². The Morgan fingerprint density at radius 3 is 2.74 bits per heavy atom. The topological polar surface area (TPSA) is 59.0 Å². The van der Waals surface area contributed by atoms with Crippen LogP contribution in [0, 0.1) is 0 Å². The average molecular weight is 416 g/mol. The number of fused-ring (bicyclic) bond motifs is 1. The van der Waals surface area contributed by atoms with Crippen LogP contribution in [0.3, 0.4) is 0 Å². The third kappa shape index (κ3) is 4.21. The summed E-state index contributed by atoms with van der Waals surface area (Å²) in [6, 6.07) is 20.9. The molecule has 6 nitrogen and oxygen atoms in total. The van der Waals surface area contributed by atoms with Gasteiger partial charge in [0, 0.05) is 18.5 Å². The van der Waals surface area contributed by atoms with E-state index >= 15 is 0 Å². The number of hydrogen-bond acceptors (Lipinski definition) is 4. The fourth-order valence-corrected chi connectivity index (χ4v) is 4.54. The molecule has 1 saturated heterocycles. The van der Waals surface area contributed by atoms with Gasteiger partial charge in [-0.15, -0.1) is 0 Å². The van der Waals surface area contributed by atoms with Crippen LogP contribution in [0.5, 0.6) is 5.75 Å². The van der Waals surface area contributed by atoms with E-state index in [1.54, 1.807) is 0 Å². The monoisotopic (exact) mass is 415 g/mol. The predicted molar refractivity (Wildman–Crippen MR) is 122 cm³/mol. The van der Waals surface area contributed by atoms with Crippen molar-refractivity contribution in [1.29, 1.82) is 0 Å². The molecular weight excluding hydrogens is 386 g/mol. The van der Waals surface area contributed by atoms with Crippen LogP contribution < -0.4 is 4.74 Å². The Morgan fingerprint density at radius 2 is 1.90 bits per heavy atom. The minimum absolute atomic E-state index is 0.388. The van der Waals surface area contributed by atoms with Crippen molar-refractivity contribution in [2.75, 3.05) is 13.1 Å². The summed E-state index contributed by atoms with van der Waals surface area (Å²) in [6.45, 7) is 7.91. The highest BCUT2D eigenvalue weighted by molar-refractivity contribution is 5.76. The molecule has 1 fully saturated rings. The van der Waals surface area contributed by atoms with Gasteiger partial charge in [-0.25, -0.2) is 4.98 Å². The van der Waals surface area contributed by atoms with Crippen molar-refractivity contribution in [2.45, 2.75) is 45.4 Å². The molecule has 0 bridgehead atoms. The molecule has 160 valence electrons. The van der Waals surface area contributed by atoms with Gasteiger partial charge in [0.2, 0.25) is 0 Å². The van der Waals surface area contributed by atoms with E-state index in [1.807, 2.05) is 30.3 Å². The van der Waals surface area contributed by atoms with Gasteiger partial charge in [0.1, 0.15) is 18.2 Å². The number of aromatic amines is 1. The molecule has 1 atom stereocenters. The van der Waals surface area contributed by atoms with Crippen molar-refractivity contribution < 1.29 is 4.74 Å². The first-order chi connectivity index (χ1) is 15.2. The number of imidazole rings is 1. The second-order valence-electron chi connectivity index (χ2n) is 8.62. The van der Waals surface area contributed by atoms with Crippen LogP contribution in [0.2, 0.25) is 0 Å². The Hall–Kier alpha value is -3.12. The maximum Gasteiger partial charge on any atom is 0.130 e. The van der Waals surface area contributed by atoms with Crippen molar-refractivity contribution in [3.8, 4) is 5.75 Å². The van der Waals surface area contributed by atoms with Gasteiger partial charge in [-0.05, 0) is 57.1 Å². The quantitative estimate of drug-likeness (QED) is 0.466. The van der Waals surface area contributed by atoms with E-state index in [0.29, 0.717) is 18.6 Å². The minimum Gasteiger partial charge on any atom is -0.487 e. The van der Waals surface area contributed by atoms with Crippen LogP contribution in [-0.2, 0) is 13.2 Å². The number of para-hydroxylation sites is 3. The molecule has 6 heteroatoms. The average Bonchev–Trinajstić information content (AvgIpc) is 3.51. The summed E-state index contributed by atoms with van der Waals surface area (Å²) >= 11 is 0. The molecule has 5 rings (SSSR count). The van der Waals surface area contributed by atoms with Crippen molar-refractivity contribution in [3.63, 3.8) is 0 Å². The molecule has 0 amide bonds. The lowest BCUT2D eigenvalue weighted by molar-refractivity contribution is 0.301. The number of hydrogen-bond donors (Lipinski definition) is 1. The van der Waals surface area contributed by atoms with E-state index in [9.17, 15) is 0 Å². The van der Waals surface area contributed by atoms with Gasteiger partial charge >= 0.3 is 0 Å². The lowest BCUT2D eigenvalue weighted by atomic mass is 10.1. The molecule has 1 N–H and O–H groups in total. The lowest BCUT2D eigenvalue weighted by Crippen LogP contribution is -2.23. The number of rotatable bonds is 7. The molecule has 2 aromatic heterocycles. The summed E-state index contributed by atoms with van der Waals surface area (Å²) in [5.74, 6) is 2.47. The van der Waals surface area contributed by atoms with E-state index in [2.05, 4.69) is 63.8 Å². The van der Waals surface area contributed by atoms with E-state index < -0.39 is 0 Å². The van der Waals surface area contributed by atoms with Crippen LogP contribution in [-0.4, -0.2) is 37.7 Å². The molecule has 2 aromatic carbocycles. The van der Waals surface area contributed by atoms with Crippen LogP contribution in [0.4, 0.5) is 0 Å². The normalized spacial score (nSPS) is 17.1. The fraction of sp³-hybridized carbons (Fsp3) is 0.360. The first-order valence-electron chi connectivity index (χ1n) is 11.1. The molecule has 31 heavy (non-hydrogen) atoms. The summed E-state index contributed by atoms with van der Waals surface area (Å²) in [7, 11) is 0. The van der Waals surface area contributed by atoms with Crippen LogP contribution in [0.25, 0.3) is 11.0 Å². The maximum atomic E-state index is 5.84. The number of likely N-dealkylation sites (tertiary alicyclic amines) is 1. The van der Waals surface area contributed by atoms with E-state index in [0.717, 1.165) is 54.5 Å². The molecule has 0 spiro atoms. The largest absolute Gasteiger partial charge is 0.487 e. The van der Waals surface area contributed by atoms with Gasteiger partial charge in [0.25, 0.3) is 0 Å².